The van der Waals surface area contributed by atoms with Crippen LogP contribution in [0.15, 0.2) is 49.1 Å². The maximum absolute atomic E-state index is 11.2. The van der Waals surface area contributed by atoms with Crippen LogP contribution in [0.5, 0.6) is 0 Å². The van der Waals surface area contributed by atoms with Crippen LogP contribution >= 0.6 is 0 Å². The lowest BCUT2D eigenvalue weighted by Crippen LogP contribution is -2.40. The molecule has 0 aliphatic carbocycles. The molecule has 0 aromatic heterocycles. The van der Waals surface area contributed by atoms with E-state index in [4.69, 9.17) is 4.55 Å². The van der Waals surface area contributed by atoms with Gasteiger partial charge in [0.05, 0.1) is 11.8 Å². The third-order valence-corrected chi connectivity index (χ3v) is 2.71. The fraction of sp³-hybridized carbons (Fsp3) is 0.250. The smallest absolute Gasteiger partial charge is 0.267 e. The minimum absolute atomic E-state index is 0.514. The van der Waals surface area contributed by atoms with Crippen molar-refractivity contribution in [3.8, 4) is 0 Å². The lowest BCUT2D eigenvalue weighted by Gasteiger charge is -2.17. The molecule has 0 rings (SSSR count). The van der Waals surface area contributed by atoms with E-state index in [1.807, 2.05) is 0 Å². The quantitative estimate of drug-likeness (QED) is 0.414. The average molecular weight is 271 g/mol. The van der Waals surface area contributed by atoms with Crippen LogP contribution < -0.4 is 5.32 Å². The molecular weight excluding hydrogens is 254 g/mol. The van der Waals surface area contributed by atoms with Gasteiger partial charge in [-0.1, -0.05) is 37.5 Å². The summed E-state index contributed by atoms with van der Waals surface area (Å²) < 4.78 is 30.7. The Morgan fingerprint density at radius 2 is 2.06 bits per heavy atom. The molecule has 100 valence electrons. The molecule has 0 saturated heterocycles. The van der Waals surface area contributed by atoms with Gasteiger partial charge >= 0.3 is 0 Å². The van der Waals surface area contributed by atoms with Crippen molar-refractivity contribution < 1.29 is 17.8 Å². The maximum atomic E-state index is 11.2. The van der Waals surface area contributed by atoms with Gasteiger partial charge in [-0.25, -0.2) is 0 Å². The first-order valence-electron chi connectivity index (χ1n) is 5.17. The summed E-state index contributed by atoms with van der Waals surface area (Å²) in [5.74, 6) is -1.14. The van der Waals surface area contributed by atoms with E-state index in [-0.39, 0.29) is 0 Å². The highest BCUT2D eigenvalue weighted by molar-refractivity contribution is 7.85. The second-order valence-electron chi connectivity index (χ2n) is 3.42. The summed E-state index contributed by atoms with van der Waals surface area (Å²) in [4.78, 5) is 11.2. The molecular formula is C12H17NO4S. The average Bonchev–Trinajstić information content (AvgIpc) is 2.26. The van der Waals surface area contributed by atoms with Crippen LogP contribution in [0.2, 0.25) is 0 Å². The number of nitrogens with one attached hydrogen (secondary N) is 1. The van der Waals surface area contributed by atoms with E-state index in [1.54, 1.807) is 25.2 Å². The van der Waals surface area contributed by atoms with E-state index < -0.39 is 27.8 Å². The molecule has 2 N–H and O–H groups in total. The standard InChI is InChI=1S/C12H17NO4S/c1-4-7-10(8-5-2)11(9-18(15,16)17)13-12(14)6-3/h4-8,11H,1,3,9H2,2H3,(H,13,14)(H,15,16,17)/b8-5-,10-7+. The molecule has 0 aromatic rings. The molecule has 6 heteroatoms. The van der Waals surface area contributed by atoms with E-state index in [0.717, 1.165) is 6.08 Å². The van der Waals surface area contributed by atoms with E-state index >= 15 is 0 Å². The molecule has 0 aromatic carbocycles. The van der Waals surface area contributed by atoms with E-state index in [2.05, 4.69) is 18.5 Å². The van der Waals surface area contributed by atoms with Gasteiger partial charge < -0.3 is 5.32 Å². The predicted octanol–water partition coefficient (Wildman–Crippen LogP) is 1.23. The normalized spacial score (nSPS) is 14.2. The molecule has 0 aliphatic rings. The second-order valence-corrected chi connectivity index (χ2v) is 4.91. The Morgan fingerprint density at radius 3 is 2.44 bits per heavy atom. The first-order chi connectivity index (χ1) is 8.34. The Hall–Kier alpha value is -1.66. The molecule has 1 unspecified atom stereocenters. The number of carbonyl (C=O) groups is 1. The Balaban J connectivity index is 5.28. The monoisotopic (exact) mass is 271 g/mol. The van der Waals surface area contributed by atoms with Crippen molar-refractivity contribution in [1.29, 1.82) is 0 Å². The van der Waals surface area contributed by atoms with Gasteiger partial charge in [0, 0.05) is 0 Å². The lowest BCUT2D eigenvalue weighted by molar-refractivity contribution is -0.116. The molecule has 0 saturated carbocycles. The predicted molar refractivity (Wildman–Crippen MR) is 71.6 cm³/mol. The number of hydrogen-bond acceptors (Lipinski definition) is 3. The maximum Gasteiger partial charge on any atom is 0.267 e. The van der Waals surface area contributed by atoms with Crippen LogP contribution in [0.4, 0.5) is 0 Å². The Labute approximate surface area is 107 Å². The minimum atomic E-state index is -4.22. The highest BCUT2D eigenvalue weighted by Crippen LogP contribution is 2.08. The van der Waals surface area contributed by atoms with Crippen molar-refractivity contribution >= 4 is 16.0 Å². The van der Waals surface area contributed by atoms with Crippen LogP contribution in [-0.2, 0) is 14.9 Å². The highest BCUT2D eigenvalue weighted by Gasteiger charge is 2.20. The van der Waals surface area contributed by atoms with Crippen LogP contribution in [0.25, 0.3) is 0 Å². The largest absolute Gasteiger partial charge is 0.345 e. The summed E-state index contributed by atoms with van der Waals surface area (Å²) in [7, 11) is -4.22. The van der Waals surface area contributed by atoms with Crippen molar-refractivity contribution in [1.82, 2.24) is 5.32 Å². The fourth-order valence-corrected chi connectivity index (χ4v) is 1.98. The van der Waals surface area contributed by atoms with Crippen molar-refractivity contribution in [2.75, 3.05) is 5.75 Å². The molecule has 1 atom stereocenters. The Bertz CT molecular complexity index is 474. The van der Waals surface area contributed by atoms with Crippen molar-refractivity contribution in [2.45, 2.75) is 13.0 Å². The minimum Gasteiger partial charge on any atom is -0.345 e. The van der Waals surface area contributed by atoms with Gasteiger partial charge in [0.1, 0.15) is 0 Å². The van der Waals surface area contributed by atoms with Gasteiger partial charge in [-0.3, -0.25) is 9.35 Å². The third kappa shape index (κ3) is 6.82. The Morgan fingerprint density at radius 1 is 1.44 bits per heavy atom. The van der Waals surface area contributed by atoms with Crippen molar-refractivity contribution in [3.63, 3.8) is 0 Å². The van der Waals surface area contributed by atoms with Gasteiger partial charge in [0.25, 0.3) is 10.1 Å². The number of allylic oxidation sites excluding steroid dienone is 3. The molecule has 0 bridgehead atoms. The highest BCUT2D eigenvalue weighted by atomic mass is 32.2. The van der Waals surface area contributed by atoms with Crippen molar-refractivity contribution in [3.05, 3.63) is 49.1 Å². The lowest BCUT2D eigenvalue weighted by atomic mass is 10.1. The summed E-state index contributed by atoms with van der Waals surface area (Å²) in [5.41, 5.74) is 0.514. The molecule has 5 nitrogen and oxygen atoms in total. The van der Waals surface area contributed by atoms with Crippen LogP contribution in [0, 0.1) is 0 Å². The molecule has 0 heterocycles. The summed E-state index contributed by atoms with van der Waals surface area (Å²) in [6, 6.07) is -0.861. The topological polar surface area (TPSA) is 83.5 Å². The summed E-state index contributed by atoms with van der Waals surface area (Å²) in [5, 5.41) is 2.43. The Kier molecular flexibility index (Phi) is 6.92. The molecule has 18 heavy (non-hydrogen) atoms. The van der Waals surface area contributed by atoms with Gasteiger partial charge in [0.15, 0.2) is 0 Å². The van der Waals surface area contributed by atoms with E-state index in [9.17, 15) is 13.2 Å². The van der Waals surface area contributed by atoms with Crippen LogP contribution in [0.1, 0.15) is 6.92 Å². The van der Waals surface area contributed by atoms with Crippen molar-refractivity contribution in [2.24, 2.45) is 0 Å². The number of amides is 1. The zero-order valence-electron chi connectivity index (χ0n) is 10.2. The summed E-state index contributed by atoms with van der Waals surface area (Å²) >= 11 is 0. The van der Waals surface area contributed by atoms with Gasteiger partial charge in [0.2, 0.25) is 5.91 Å². The molecule has 1 amide bonds. The molecule has 0 radical (unpaired) electrons. The number of rotatable bonds is 7. The van der Waals surface area contributed by atoms with E-state index in [1.165, 1.54) is 6.08 Å². The second kappa shape index (κ2) is 7.62. The van der Waals surface area contributed by atoms with Crippen LogP contribution in [0.3, 0.4) is 0 Å². The third-order valence-electron chi connectivity index (χ3n) is 1.95. The fourth-order valence-electron chi connectivity index (χ4n) is 1.28. The SMILES string of the molecule is C=C/C=C(\C=C/C)C(CS(=O)(=O)O)NC(=O)C=C. The van der Waals surface area contributed by atoms with Gasteiger partial charge in [-0.05, 0) is 18.6 Å². The van der Waals surface area contributed by atoms with Gasteiger partial charge in [-0.15, -0.1) is 0 Å². The number of carbonyl (C=O) groups excluding carboxylic acids is 1. The van der Waals surface area contributed by atoms with Crippen LogP contribution in [-0.4, -0.2) is 30.7 Å². The zero-order chi connectivity index (χ0) is 14.2. The molecule has 0 aliphatic heterocycles. The molecule has 0 spiro atoms. The van der Waals surface area contributed by atoms with E-state index in [0.29, 0.717) is 5.57 Å². The first-order valence-corrected chi connectivity index (χ1v) is 6.78. The van der Waals surface area contributed by atoms with Gasteiger partial charge in [-0.2, -0.15) is 8.42 Å². The first kappa shape index (κ1) is 16.3. The molecule has 0 fully saturated rings. The number of hydrogen-bond donors (Lipinski definition) is 2. The zero-order valence-corrected chi connectivity index (χ0v) is 11.0. The summed E-state index contributed by atoms with van der Waals surface area (Å²) in [6.07, 6.45) is 7.36. The summed E-state index contributed by atoms with van der Waals surface area (Å²) in [6.45, 7) is 8.53.